The van der Waals surface area contributed by atoms with Gasteiger partial charge in [-0.3, -0.25) is 19.4 Å². The highest BCUT2D eigenvalue weighted by molar-refractivity contribution is 5.76. The average Bonchev–Trinajstić information content (AvgIpc) is 3.01. The smallest absolute Gasteiger partial charge is 0.324 e. The number of aromatic hydroxyl groups is 1. The molecule has 0 aromatic heterocycles. The number of carbonyl (C=O) groups excluding carboxylic acids is 2. The van der Waals surface area contributed by atoms with Gasteiger partial charge in [0.15, 0.2) is 0 Å². The van der Waals surface area contributed by atoms with Gasteiger partial charge in [0.05, 0.1) is 7.11 Å². The molecule has 1 amide bonds. The van der Waals surface area contributed by atoms with Crippen molar-refractivity contribution in [2.75, 3.05) is 33.3 Å². The molecular formula is C37H51N3O4. The van der Waals surface area contributed by atoms with Gasteiger partial charge in [0, 0.05) is 46.2 Å². The summed E-state index contributed by atoms with van der Waals surface area (Å²) in [6.45, 7) is 21.6. The number of rotatable bonds is 8. The lowest BCUT2D eigenvalue weighted by Gasteiger charge is -2.39. The second-order valence-corrected chi connectivity index (χ2v) is 10.9. The molecule has 1 atom stereocenters. The van der Waals surface area contributed by atoms with Crippen molar-refractivity contribution in [2.45, 2.75) is 67.6 Å². The number of ether oxygens (including phenoxy) is 1. The summed E-state index contributed by atoms with van der Waals surface area (Å²) in [6, 6.07) is 18.0. The minimum Gasteiger partial charge on any atom is -0.508 e. The van der Waals surface area contributed by atoms with E-state index in [2.05, 4.69) is 59.8 Å². The first kappa shape index (κ1) is 36.3. The highest BCUT2D eigenvalue weighted by Gasteiger charge is 2.32. The van der Waals surface area contributed by atoms with Crippen LogP contribution in [-0.4, -0.2) is 66.1 Å². The number of benzene rings is 3. The molecule has 1 unspecified atom stereocenters. The van der Waals surface area contributed by atoms with Gasteiger partial charge in [-0.05, 0) is 84.3 Å². The Morgan fingerprint density at radius 3 is 2.25 bits per heavy atom. The Kier molecular flexibility index (Phi) is 14.8. The van der Waals surface area contributed by atoms with Gasteiger partial charge in [-0.25, -0.2) is 0 Å². The highest BCUT2D eigenvalue weighted by Crippen LogP contribution is 2.31. The average molecular weight is 602 g/mol. The van der Waals surface area contributed by atoms with Crippen LogP contribution in [0.4, 0.5) is 0 Å². The SMILES string of the molecule is C=CCN1CCN(Cc2cc(C)c(CNC(C)=O)c(-c3ccccc3C)c2)CC1C(=O)OC.CC.Cc1cccc(O)c1C. The molecule has 0 radical (unpaired) electrons. The zero-order valence-corrected chi connectivity index (χ0v) is 27.9. The summed E-state index contributed by atoms with van der Waals surface area (Å²) >= 11 is 0. The number of nitrogens with one attached hydrogen (secondary N) is 1. The van der Waals surface area contributed by atoms with Gasteiger partial charge < -0.3 is 15.2 Å². The summed E-state index contributed by atoms with van der Waals surface area (Å²) in [5.41, 5.74) is 9.09. The zero-order chi connectivity index (χ0) is 32.8. The van der Waals surface area contributed by atoms with Crippen LogP contribution in [0, 0.1) is 27.7 Å². The van der Waals surface area contributed by atoms with Gasteiger partial charge in [-0.15, -0.1) is 6.58 Å². The van der Waals surface area contributed by atoms with E-state index in [1.54, 1.807) is 13.0 Å². The van der Waals surface area contributed by atoms with Crippen molar-refractivity contribution in [1.82, 2.24) is 15.1 Å². The van der Waals surface area contributed by atoms with Crippen LogP contribution < -0.4 is 5.32 Å². The molecular weight excluding hydrogens is 550 g/mol. The molecule has 1 saturated heterocycles. The molecule has 0 spiro atoms. The lowest BCUT2D eigenvalue weighted by Crippen LogP contribution is -2.56. The standard InChI is InChI=1S/C27H35N3O3.C8H10O.C2H6/c1-6-11-30-13-12-29(18-26(30)27(32)33-5)17-22-14-20(3)25(16-28-21(4)31)24(15-22)23-10-8-7-9-19(23)2;1-6-4-3-5-8(9)7(6)2;1-2/h6-10,14-15,26H,1,11-13,16-18H2,2-5H3,(H,28,31);3-5,9H,1-2H3;1-2H3. The number of nitrogens with zero attached hydrogens (tertiary/aromatic N) is 2. The molecule has 238 valence electrons. The number of carbonyl (C=O) groups is 2. The van der Waals surface area contributed by atoms with E-state index in [0.717, 1.165) is 47.5 Å². The van der Waals surface area contributed by atoms with Crippen molar-refractivity contribution < 1.29 is 19.4 Å². The number of aryl methyl sites for hydroxylation is 3. The Hall–Kier alpha value is -3.94. The summed E-state index contributed by atoms with van der Waals surface area (Å²) in [5, 5.41) is 12.1. The number of phenols is 1. The van der Waals surface area contributed by atoms with Gasteiger partial charge in [0.1, 0.15) is 11.8 Å². The van der Waals surface area contributed by atoms with E-state index < -0.39 is 0 Å². The lowest BCUT2D eigenvalue weighted by molar-refractivity contribution is -0.149. The normalized spacial score (nSPS) is 14.8. The second kappa shape index (κ2) is 18.0. The van der Waals surface area contributed by atoms with E-state index in [1.165, 1.54) is 23.8 Å². The molecule has 0 aliphatic carbocycles. The second-order valence-electron chi connectivity index (χ2n) is 10.9. The molecule has 0 bridgehead atoms. The van der Waals surface area contributed by atoms with Gasteiger partial charge >= 0.3 is 5.97 Å². The number of hydrogen-bond donors (Lipinski definition) is 2. The molecule has 2 N–H and O–H groups in total. The minimum atomic E-state index is -0.294. The third-order valence-corrected chi connectivity index (χ3v) is 7.88. The van der Waals surface area contributed by atoms with E-state index in [9.17, 15) is 9.59 Å². The van der Waals surface area contributed by atoms with E-state index in [4.69, 9.17) is 9.84 Å². The van der Waals surface area contributed by atoms with Crippen molar-refractivity contribution in [1.29, 1.82) is 0 Å². The Bertz CT molecular complexity index is 1380. The molecule has 1 aliphatic heterocycles. The molecule has 7 heteroatoms. The third-order valence-electron chi connectivity index (χ3n) is 7.88. The van der Waals surface area contributed by atoms with Crippen LogP contribution in [0.2, 0.25) is 0 Å². The van der Waals surface area contributed by atoms with Gasteiger partial charge in [0.2, 0.25) is 5.91 Å². The number of piperazine rings is 1. The lowest BCUT2D eigenvalue weighted by atomic mass is 9.90. The number of hydrogen-bond acceptors (Lipinski definition) is 6. The molecule has 44 heavy (non-hydrogen) atoms. The minimum absolute atomic E-state index is 0.0412. The monoisotopic (exact) mass is 601 g/mol. The first-order chi connectivity index (χ1) is 21.0. The fraction of sp³-hybridized carbons (Fsp3) is 0.405. The van der Waals surface area contributed by atoms with Crippen LogP contribution in [-0.2, 0) is 27.4 Å². The summed E-state index contributed by atoms with van der Waals surface area (Å²) in [6.07, 6.45) is 1.83. The summed E-state index contributed by atoms with van der Waals surface area (Å²) < 4.78 is 5.06. The third kappa shape index (κ3) is 10.1. The van der Waals surface area contributed by atoms with Crippen molar-refractivity contribution in [3.63, 3.8) is 0 Å². The Morgan fingerprint density at radius 2 is 1.66 bits per heavy atom. The summed E-state index contributed by atoms with van der Waals surface area (Å²) in [5.74, 6) is 0.138. The molecule has 3 aromatic rings. The van der Waals surface area contributed by atoms with Crippen LogP contribution in [0.3, 0.4) is 0 Å². The molecule has 3 aromatic carbocycles. The zero-order valence-electron chi connectivity index (χ0n) is 27.9. The maximum absolute atomic E-state index is 12.4. The maximum atomic E-state index is 12.4. The highest BCUT2D eigenvalue weighted by atomic mass is 16.5. The molecule has 4 rings (SSSR count). The van der Waals surface area contributed by atoms with Crippen LogP contribution in [0.15, 0.2) is 67.3 Å². The van der Waals surface area contributed by atoms with Crippen molar-refractivity contribution in [3.8, 4) is 16.9 Å². The molecule has 1 aliphatic rings. The first-order valence-corrected chi connectivity index (χ1v) is 15.4. The maximum Gasteiger partial charge on any atom is 0.324 e. The first-order valence-electron chi connectivity index (χ1n) is 15.4. The van der Waals surface area contributed by atoms with E-state index in [-0.39, 0.29) is 17.9 Å². The van der Waals surface area contributed by atoms with E-state index >= 15 is 0 Å². The molecule has 0 saturated carbocycles. The van der Waals surface area contributed by atoms with Gasteiger partial charge in [-0.2, -0.15) is 0 Å². The predicted molar refractivity (Wildman–Crippen MR) is 181 cm³/mol. The van der Waals surface area contributed by atoms with E-state index in [0.29, 0.717) is 25.4 Å². The topological polar surface area (TPSA) is 82.1 Å². The Balaban J connectivity index is 0.000000519. The van der Waals surface area contributed by atoms with Gasteiger partial charge in [0.25, 0.3) is 0 Å². The van der Waals surface area contributed by atoms with Crippen LogP contribution >= 0.6 is 0 Å². The van der Waals surface area contributed by atoms with Crippen molar-refractivity contribution in [2.24, 2.45) is 0 Å². The molecule has 1 fully saturated rings. The molecule has 7 nitrogen and oxygen atoms in total. The number of amides is 1. The number of esters is 1. The van der Waals surface area contributed by atoms with E-state index in [1.807, 2.05) is 58.0 Å². The summed E-state index contributed by atoms with van der Waals surface area (Å²) in [7, 11) is 1.44. The predicted octanol–water partition coefficient (Wildman–Crippen LogP) is 6.49. The number of methoxy groups -OCH3 is 1. The van der Waals surface area contributed by atoms with Crippen LogP contribution in [0.1, 0.15) is 54.2 Å². The fourth-order valence-electron chi connectivity index (χ4n) is 5.30. The van der Waals surface area contributed by atoms with Crippen LogP contribution in [0.5, 0.6) is 5.75 Å². The Morgan fingerprint density at radius 1 is 0.977 bits per heavy atom. The molecule has 1 heterocycles. The summed E-state index contributed by atoms with van der Waals surface area (Å²) in [4.78, 5) is 28.4. The fourth-order valence-corrected chi connectivity index (χ4v) is 5.30. The van der Waals surface area contributed by atoms with Crippen molar-refractivity contribution >= 4 is 11.9 Å². The largest absolute Gasteiger partial charge is 0.508 e. The van der Waals surface area contributed by atoms with Crippen LogP contribution in [0.25, 0.3) is 11.1 Å². The Labute approximate surface area is 264 Å². The van der Waals surface area contributed by atoms with Gasteiger partial charge in [-0.1, -0.05) is 62.4 Å². The quantitative estimate of drug-likeness (QED) is 0.227. The number of phenolic OH excluding ortho intramolecular Hbond substituents is 1. The van der Waals surface area contributed by atoms with Crippen molar-refractivity contribution in [3.05, 3.63) is 101 Å².